The predicted molar refractivity (Wildman–Crippen MR) is 120 cm³/mol. The molecule has 7 heteroatoms. The Balaban J connectivity index is 1.87. The van der Waals surface area contributed by atoms with Gasteiger partial charge in [-0.1, -0.05) is 61.9 Å². The van der Waals surface area contributed by atoms with Crippen LogP contribution in [0.15, 0.2) is 30.5 Å². The zero-order chi connectivity index (χ0) is 21.5. The van der Waals surface area contributed by atoms with Crippen molar-refractivity contribution < 1.29 is 14.6 Å². The van der Waals surface area contributed by atoms with E-state index < -0.39 is 6.10 Å². The van der Waals surface area contributed by atoms with Crippen LogP contribution < -0.4 is 10.1 Å². The molecule has 0 unspecified atom stereocenters. The average Bonchev–Trinajstić information content (AvgIpc) is 2.73. The zero-order valence-corrected chi connectivity index (χ0v) is 18.7. The van der Waals surface area contributed by atoms with E-state index in [0.717, 1.165) is 38.5 Å². The molecule has 0 saturated heterocycles. The van der Waals surface area contributed by atoms with E-state index in [1.54, 1.807) is 24.3 Å². The third kappa shape index (κ3) is 5.87. The highest BCUT2D eigenvalue weighted by Gasteiger charge is 2.25. The van der Waals surface area contributed by atoms with E-state index in [4.69, 9.17) is 27.9 Å². The molecule has 1 fully saturated rings. The second kappa shape index (κ2) is 11.0. The number of benzene rings is 1. The van der Waals surface area contributed by atoms with Gasteiger partial charge in [0.05, 0.1) is 29.3 Å². The Morgan fingerprint density at radius 2 is 2.00 bits per heavy atom. The molecule has 1 aromatic carbocycles. The van der Waals surface area contributed by atoms with Gasteiger partial charge in [-0.05, 0) is 37.5 Å². The van der Waals surface area contributed by atoms with Gasteiger partial charge in [0.25, 0.3) is 5.91 Å². The normalized spacial score (nSPS) is 18.8. The van der Waals surface area contributed by atoms with Crippen molar-refractivity contribution in [3.05, 3.63) is 46.1 Å². The molecule has 1 heterocycles. The fourth-order valence-electron chi connectivity index (χ4n) is 3.64. The van der Waals surface area contributed by atoms with Crippen LogP contribution in [0, 0.1) is 0 Å². The SMILES string of the molecule is CCCCCOc1ncc(C(=O)N[C@@H]2CCCC[C@H]2O)cc1-c1ccc(Cl)cc1Cl. The molecule has 2 N–H and O–H groups in total. The van der Waals surface area contributed by atoms with Crippen LogP contribution in [-0.2, 0) is 0 Å². The summed E-state index contributed by atoms with van der Waals surface area (Å²) in [5.74, 6) is 0.168. The highest BCUT2D eigenvalue weighted by atomic mass is 35.5. The Morgan fingerprint density at radius 3 is 2.73 bits per heavy atom. The molecule has 1 aliphatic carbocycles. The highest BCUT2D eigenvalue weighted by molar-refractivity contribution is 6.36. The fraction of sp³-hybridized carbons (Fsp3) is 0.478. The number of halogens is 2. The van der Waals surface area contributed by atoms with Crippen LogP contribution in [0.4, 0.5) is 0 Å². The lowest BCUT2D eigenvalue weighted by Gasteiger charge is -2.28. The molecule has 0 spiro atoms. The molecule has 162 valence electrons. The maximum absolute atomic E-state index is 12.8. The van der Waals surface area contributed by atoms with Crippen LogP contribution in [0.2, 0.25) is 10.0 Å². The molecule has 2 atom stereocenters. The number of aromatic nitrogens is 1. The monoisotopic (exact) mass is 450 g/mol. The first-order valence-electron chi connectivity index (χ1n) is 10.6. The smallest absolute Gasteiger partial charge is 0.253 e. The molecule has 1 amide bonds. The Bertz CT molecular complexity index is 876. The number of hydrogen-bond acceptors (Lipinski definition) is 4. The number of carbonyl (C=O) groups is 1. The predicted octanol–water partition coefficient (Wildman–Crippen LogP) is 5.66. The zero-order valence-electron chi connectivity index (χ0n) is 17.2. The van der Waals surface area contributed by atoms with Crippen molar-refractivity contribution in [2.45, 2.75) is 64.0 Å². The summed E-state index contributed by atoms with van der Waals surface area (Å²) in [6.45, 7) is 2.67. The van der Waals surface area contributed by atoms with Gasteiger partial charge in [-0.2, -0.15) is 0 Å². The standard InChI is InChI=1S/C23H28Cl2N2O3/c1-2-3-6-11-30-23-18(17-10-9-16(24)13-19(17)25)12-15(14-26-23)22(29)27-20-7-4-5-8-21(20)28/h9-10,12-14,20-21,28H,2-8,11H2,1H3,(H,27,29)/t20-,21-/m1/s1. The maximum Gasteiger partial charge on any atom is 0.253 e. The van der Waals surface area contributed by atoms with Gasteiger partial charge < -0.3 is 15.2 Å². The number of nitrogens with one attached hydrogen (secondary N) is 1. The van der Waals surface area contributed by atoms with E-state index >= 15 is 0 Å². The van der Waals surface area contributed by atoms with E-state index in [0.29, 0.717) is 45.6 Å². The Morgan fingerprint density at radius 1 is 1.20 bits per heavy atom. The van der Waals surface area contributed by atoms with Crippen LogP contribution in [0.1, 0.15) is 62.2 Å². The first-order valence-corrected chi connectivity index (χ1v) is 11.3. The minimum Gasteiger partial charge on any atom is -0.477 e. The van der Waals surface area contributed by atoms with Gasteiger partial charge in [-0.15, -0.1) is 0 Å². The lowest BCUT2D eigenvalue weighted by atomic mass is 9.92. The molecule has 0 bridgehead atoms. The van der Waals surface area contributed by atoms with E-state index in [1.807, 2.05) is 0 Å². The van der Waals surface area contributed by atoms with Crippen molar-refractivity contribution >= 4 is 29.1 Å². The van der Waals surface area contributed by atoms with Crippen LogP contribution in [0.3, 0.4) is 0 Å². The molecular formula is C23H28Cl2N2O3. The van der Waals surface area contributed by atoms with Crippen LogP contribution >= 0.6 is 23.2 Å². The quantitative estimate of drug-likeness (QED) is 0.509. The van der Waals surface area contributed by atoms with Gasteiger partial charge in [0.1, 0.15) is 0 Å². The Labute approximate surface area is 187 Å². The Kier molecular flexibility index (Phi) is 8.37. The average molecular weight is 451 g/mol. The first-order chi connectivity index (χ1) is 14.5. The summed E-state index contributed by atoms with van der Waals surface area (Å²) in [7, 11) is 0. The van der Waals surface area contributed by atoms with Gasteiger partial charge in [-0.3, -0.25) is 4.79 Å². The molecule has 1 aromatic heterocycles. The number of nitrogens with zero attached hydrogens (tertiary/aromatic N) is 1. The van der Waals surface area contributed by atoms with Gasteiger partial charge >= 0.3 is 0 Å². The largest absolute Gasteiger partial charge is 0.477 e. The number of ether oxygens (including phenoxy) is 1. The molecule has 2 aromatic rings. The number of hydrogen-bond donors (Lipinski definition) is 2. The lowest BCUT2D eigenvalue weighted by molar-refractivity contribution is 0.0717. The molecule has 1 aliphatic rings. The van der Waals surface area contributed by atoms with E-state index in [1.165, 1.54) is 6.20 Å². The number of rotatable bonds is 8. The summed E-state index contributed by atoms with van der Waals surface area (Å²) >= 11 is 12.5. The van der Waals surface area contributed by atoms with Crippen molar-refractivity contribution in [1.29, 1.82) is 0 Å². The number of unbranched alkanes of at least 4 members (excludes halogenated alkanes) is 2. The van der Waals surface area contributed by atoms with E-state index in [9.17, 15) is 9.90 Å². The summed E-state index contributed by atoms with van der Waals surface area (Å²) in [5.41, 5.74) is 1.74. The van der Waals surface area contributed by atoms with E-state index in [2.05, 4.69) is 17.2 Å². The van der Waals surface area contributed by atoms with Crippen molar-refractivity contribution in [3.8, 4) is 17.0 Å². The number of pyridine rings is 1. The summed E-state index contributed by atoms with van der Waals surface area (Å²) in [5, 5.41) is 14.1. The minimum atomic E-state index is -0.512. The van der Waals surface area contributed by atoms with Crippen molar-refractivity contribution in [2.24, 2.45) is 0 Å². The fourth-order valence-corrected chi connectivity index (χ4v) is 4.15. The first kappa shape index (κ1) is 22.9. The third-order valence-electron chi connectivity index (χ3n) is 5.37. The number of aliphatic hydroxyl groups excluding tert-OH is 1. The molecule has 30 heavy (non-hydrogen) atoms. The van der Waals surface area contributed by atoms with E-state index in [-0.39, 0.29) is 11.9 Å². The minimum absolute atomic E-state index is 0.237. The van der Waals surface area contributed by atoms with Gasteiger partial charge in [0, 0.05) is 22.3 Å². The van der Waals surface area contributed by atoms with Gasteiger partial charge in [-0.25, -0.2) is 4.98 Å². The van der Waals surface area contributed by atoms with Crippen LogP contribution in [0.5, 0.6) is 5.88 Å². The van der Waals surface area contributed by atoms with Gasteiger partial charge in [0.2, 0.25) is 5.88 Å². The van der Waals surface area contributed by atoms with Crippen LogP contribution in [-0.4, -0.2) is 34.8 Å². The molecular weight excluding hydrogens is 423 g/mol. The number of carbonyl (C=O) groups excluding carboxylic acids is 1. The van der Waals surface area contributed by atoms with Crippen molar-refractivity contribution in [2.75, 3.05) is 6.61 Å². The third-order valence-corrected chi connectivity index (χ3v) is 5.92. The second-order valence-electron chi connectivity index (χ2n) is 7.69. The molecule has 3 rings (SSSR count). The Hall–Kier alpha value is -1.82. The number of aliphatic hydroxyl groups is 1. The molecule has 0 aliphatic heterocycles. The lowest BCUT2D eigenvalue weighted by Crippen LogP contribution is -2.45. The number of amides is 1. The molecule has 0 radical (unpaired) electrons. The summed E-state index contributed by atoms with van der Waals surface area (Å²) in [4.78, 5) is 17.2. The molecule has 1 saturated carbocycles. The van der Waals surface area contributed by atoms with Crippen LogP contribution in [0.25, 0.3) is 11.1 Å². The summed E-state index contributed by atoms with van der Waals surface area (Å²) in [6, 6.07) is 6.70. The topological polar surface area (TPSA) is 71.5 Å². The highest BCUT2D eigenvalue weighted by Crippen LogP contribution is 2.36. The molecule has 5 nitrogen and oxygen atoms in total. The summed E-state index contributed by atoms with van der Waals surface area (Å²) in [6.07, 6.45) is 7.55. The second-order valence-corrected chi connectivity index (χ2v) is 8.53. The van der Waals surface area contributed by atoms with Crippen molar-refractivity contribution in [1.82, 2.24) is 10.3 Å². The summed E-state index contributed by atoms with van der Waals surface area (Å²) < 4.78 is 5.91. The van der Waals surface area contributed by atoms with Gasteiger partial charge in [0.15, 0.2) is 0 Å². The van der Waals surface area contributed by atoms with Crippen molar-refractivity contribution in [3.63, 3.8) is 0 Å². The maximum atomic E-state index is 12.8.